The molecule has 4 rings (SSSR count). The summed E-state index contributed by atoms with van der Waals surface area (Å²) in [5.74, 6) is 0.111. The Hall–Kier alpha value is -1.52. The zero-order valence-electron chi connectivity index (χ0n) is 18.7. The number of fused-ring (bicyclic) bond motifs is 1. The quantitative estimate of drug-likeness (QED) is 0.726. The first-order valence-corrected chi connectivity index (χ1v) is 13.1. The van der Waals surface area contributed by atoms with Gasteiger partial charge >= 0.3 is 0 Å². The predicted molar refractivity (Wildman–Crippen MR) is 119 cm³/mol. The van der Waals surface area contributed by atoms with Crippen molar-refractivity contribution in [3.05, 3.63) is 29.8 Å². The van der Waals surface area contributed by atoms with Gasteiger partial charge in [-0.3, -0.25) is 4.79 Å². The number of nitrogens with zero attached hydrogens (tertiary/aromatic N) is 2. The van der Waals surface area contributed by atoms with Gasteiger partial charge in [0.25, 0.3) is 0 Å². The molecule has 3 aliphatic rings. The number of amides is 1. The van der Waals surface area contributed by atoms with Crippen LogP contribution in [0.3, 0.4) is 0 Å². The summed E-state index contributed by atoms with van der Waals surface area (Å²) in [5.41, 5.74) is 0.665. The van der Waals surface area contributed by atoms with E-state index in [0.717, 1.165) is 25.9 Å². The molecule has 0 spiro atoms. The van der Waals surface area contributed by atoms with Crippen molar-refractivity contribution in [2.75, 3.05) is 32.8 Å². The lowest BCUT2D eigenvalue weighted by atomic mass is 9.96. The van der Waals surface area contributed by atoms with Crippen LogP contribution in [0.4, 0.5) is 0 Å². The highest BCUT2D eigenvalue weighted by molar-refractivity contribution is 7.89. The van der Waals surface area contributed by atoms with Crippen molar-refractivity contribution in [2.24, 2.45) is 0 Å². The summed E-state index contributed by atoms with van der Waals surface area (Å²) in [6.07, 6.45) is 3.09. The first-order valence-electron chi connectivity index (χ1n) is 11.6. The molecule has 4 atom stereocenters. The molecule has 178 valence electrons. The van der Waals surface area contributed by atoms with Gasteiger partial charge in [-0.25, -0.2) is 8.42 Å². The van der Waals surface area contributed by atoms with Crippen molar-refractivity contribution in [3.63, 3.8) is 0 Å². The minimum absolute atomic E-state index is 0.0431. The average Bonchev–Trinajstić information content (AvgIpc) is 2.77. The van der Waals surface area contributed by atoms with Crippen LogP contribution in [0.15, 0.2) is 29.2 Å². The van der Waals surface area contributed by atoms with Crippen LogP contribution in [0, 0.1) is 6.92 Å². The van der Waals surface area contributed by atoms with Crippen LogP contribution in [0.2, 0.25) is 0 Å². The van der Waals surface area contributed by atoms with Gasteiger partial charge in [-0.2, -0.15) is 4.31 Å². The summed E-state index contributed by atoms with van der Waals surface area (Å²) in [4.78, 5) is 14.9. The van der Waals surface area contributed by atoms with E-state index in [1.807, 2.05) is 4.90 Å². The van der Waals surface area contributed by atoms with E-state index in [1.54, 1.807) is 31.2 Å². The number of likely N-dealkylation sites (tertiary alicyclic amines) is 1. The molecular weight excluding hydrogens is 432 g/mol. The molecule has 8 nitrogen and oxygen atoms in total. The van der Waals surface area contributed by atoms with E-state index in [-0.39, 0.29) is 36.7 Å². The van der Waals surface area contributed by atoms with Crippen LogP contribution in [0.25, 0.3) is 0 Å². The third-order valence-corrected chi connectivity index (χ3v) is 8.78. The lowest BCUT2D eigenvalue weighted by Crippen LogP contribution is -2.57. The van der Waals surface area contributed by atoms with Gasteiger partial charge in [0.05, 0.1) is 48.9 Å². The van der Waals surface area contributed by atoms with E-state index < -0.39 is 28.3 Å². The van der Waals surface area contributed by atoms with Crippen LogP contribution < -0.4 is 0 Å². The fraction of sp³-hybridized carbons (Fsp3) is 0.696. The van der Waals surface area contributed by atoms with Gasteiger partial charge in [-0.15, -0.1) is 0 Å². The van der Waals surface area contributed by atoms with Crippen molar-refractivity contribution in [1.82, 2.24) is 9.21 Å². The van der Waals surface area contributed by atoms with Crippen molar-refractivity contribution in [1.29, 1.82) is 0 Å². The molecule has 0 bridgehead atoms. The number of β-amino-alcohol motifs (C(OH)–C–C–N with tert-alkyl or cyclic N) is 1. The third kappa shape index (κ3) is 5.17. The number of sulfonamides is 1. The topological polar surface area (TPSA) is 96.4 Å². The van der Waals surface area contributed by atoms with Gasteiger partial charge in [-0.05, 0) is 50.7 Å². The second kappa shape index (κ2) is 10.2. The van der Waals surface area contributed by atoms with Crippen molar-refractivity contribution in [2.45, 2.75) is 74.7 Å². The van der Waals surface area contributed by atoms with Crippen LogP contribution in [0.5, 0.6) is 0 Å². The largest absolute Gasteiger partial charge is 0.389 e. The van der Waals surface area contributed by atoms with Crippen molar-refractivity contribution < 1.29 is 27.8 Å². The molecular formula is C23H34N2O6S. The number of hydrogen-bond donors (Lipinski definition) is 1. The predicted octanol–water partition coefficient (Wildman–Crippen LogP) is 1.70. The van der Waals surface area contributed by atoms with Crippen LogP contribution in [-0.4, -0.2) is 85.8 Å². The summed E-state index contributed by atoms with van der Waals surface area (Å²) in [5, 5.41) is 10.3. The lowest BCUT2D eigenvalue weighted by Gasteiger charge is -2.44. The fourth-order valence-corrected chi connectivity index (χ4v) is 6.95. The summed E-state index contributed by atoms with van der Waals surface area (Å²) >= 11 is 0. The molecule has 32 heavy (non-hydrogen) atoms. The van der Waals surface area contributed by atoms with Crippen molar-refractivity contribution >= 4 is 15.9 Å². The molecule has 3 saturated heterocycles. The summed E-state index contributed by atoms with van der Waals surface area (Å²) in [7, 11) is -3.83. The normalized spacial score (nSPS) is 30.2. The molecule has 9 heteroatoms. The Labute approximate surface area is 190 Å². The molecule has 0 aliphatic carbocycles. The maximum absolute atomic E-state index is 13.6. The van der Waals surface area contributed by atoms with Gasteiger partial charge < -0.3 is 19.5 Å². The Balaban J connectivity index is 1.51. The number of aryl methyl sites for hydroxylation is 1. The number of aliphatic hydroxyl groups excluding tert-OH is 1. The van der Waals surface area contributed by atoms with Crippen LogP contribution in [-0.2, 0) is 24.3 Å². The highest BCUT2D eigenvalue weighted by atomic mass is 32.2. The number of hydrogen-bond acceptors (Lipinski definition) is 6. The van der Waals surface area contributed by atoms with E-state index in [4.69, 9.17) is 9.47 Å². The Morgan fingerprint density at radius 3 is 2.62 bits per heavy atom. The summed E-state index contributed by atoms with van der Waals surface area (Å²) in [6, 6.07) is 6.44. The maximum Gasteiger partial charge on any atom is 0.243 e. The number of benzene rings is 1. The summed E-state index contributed by atoms with van der Waals surface area (Å²) < 4.78 is 40.5. The number of carbonyl (C=O) groups excluding carboxylic acids is 1. The van der Waals surface area contributed by atoms with Crippen LogP contribution in [0.1, 0.15) is 44.1 Å². The molecule has 0 radical (unpaired) electrons. The Bertz CT molecular complexity index is 902. The highest BCUT2D eigenvalue weighted by Gasteiger charge is 2.43. The molecule has 1 amide bonds. The second-order valence-corrected chi connectivity index (χ2v) is 11.0. The lowest BCUT2D eigenvalue weighted by molar-refractivity contribution is -0.152. The molecule has 3 fully saturated rings. The van der Waals surface area contributed by atoms with Gasteiger partial charge in [0.1, 0.15) is 0 Å². The zero-order chi connectivity index (χ0) is 22.7. The van der Waals surface area contributed by atoms with E-state index in [0.29, 0.717) is 24.8 Å². The number of carbonyl (C=O) groups is 1. The van der Waals surface area contributed by atoms with Gasteiger partial charge in [0.2, 0.25) is 15.9 Å². The van der Waals surface area contributed by atoms with Crippen LogP contribution >= 0.6 is 0 Å². The number of piperidine rings is 1. The molecule has 1 aromatic rings. The Morgan fingerprint density at radius 1 is 1.12 bits per heavy atom. The molecule has 1 N–H and O–H groups in total. The standard InChI is InChI=1S/C23H34N2O6S/c1-17-7-3-4-8-22(17)32(28,29)25-14-18(26)15-30-16-21-20(25)10-9-19(31-21)13-23(27)24-11-5-2-6-12-24/h3-4,7-8,18-21,26H,2,5-6,9-16H2,1H3/t18-,19+,20-,21+/m0/s1. The van der Waals surface area contributed by atoms with Crippen molar-refractivity contribution in [3.8, 4) is 0 Å². The minimum Gasteiger partial charge on any atom is -0.389 e. The highest BCUT2D eigenvalue weighted by Crippen LogP contribution is 2.32. The Kier molecular flexibility index (Phi) is 7.51. The van der Waals surface area contributed by atoms with E-state index in [2.05, 4.69) is 0 Å². The first kappa shape index (κ1) is 23.6. The smallest absolute Gasteiger partial charge is 0.243 e. The molecule has 3 heterocycles. The van der Waals surface area contributed by atoms with Gasteiger partial charge in [0, 0.05) is 19.6 Å². The van der Waals surface area contributed by atoms with E-state index >= 15 is 0 Å². The minimum atomic E-state index is -3.83. The maximum atomic E-state index is 13.6. The van der Waals surface area contributed by atoms with E-state index in [1.165, 1.54) is 10.7 Å². The molecule has 0 saturated carbocycles. The van der Waals surface area contributed by atoms with Gasteiger partial charge in [-0.1, -0.05) is 18.2 Å². The first-order chi connectivity index (χ1) is 15.4. The average molecular weight is 467 g/mol. The SMILES string of the molecule is Cc1ccccc1S(=O)(=O)N1C[C@H](O)COC[C@H]2O[C@@H](CC(=O)N3CCCCC3)CC[C@@H]21. The third-order valence-electron chi connectivity index (χ3n) is 6.73. The molecule has 0 aromatic heterocycles. The summed E-state index contributed by atoms with van der Waals surface area (Å²) in [6.45, 7) is 3.58. The Morgan fingerprint density at radius 2 is 1.88 bits per heavy atom. The van der Waals surface area contributed by atoms with Gasteiger partial charge in [0.15, 0.2) is 0 Å². The molecule has 1 aromatic carbocycles. The second-order valence-electron chi connectivity index (χ2n) is 9.12. The fourth-order valence-electron chi connectivity index (χ4n) is 5.01. The monoisotopic (exact) mass is 466 g/mol. The van der Waals surface area contributed by atoms with E-state index in [9.17, 15) is 18.3 Å². The zero-order valence-corrected chi connectivity index (χ0v) is 19.5. The molecule has 3 aliphatic heterocycles. The number of aliphatic hydroxyl groups is 1. The number of rotatable bonds is 4. The molecule has 0 unspecified atom stereocenters. The number of ether oxygens (including phenoxy) is 2.